The van der Waals surface area contributed by atoms with Gasteiger partial charge in [0.25, 0.3) is 0 Å². The van der Waals surface area contributed by atoms with Gasteiger partial charge in [-0.15, -0.1) is 0 Å². The van der Waals surface area contributed by atoms with E-state index in [4.69, 9.17) is 9.47 Å². The highest BCUT2D eigenvalue weighted by molar-refractivity contribution is 6.76. The number of hydrogen-bond acceptors (Lipinski definition) is 5. The average molecular weight is 444 g/mol. The number of rotatable bonds is 10. The van der Waals surface area contributed by atoms with E-state index in [1.54, 1.807) is 26.0 Å². The van der Waals surface area contributed by atoms with Gasteiger partial charge in [0.05, 0.1) is 17.8 Å². The quantitative estimate of drug-likeness (QED) is 0.304. The first kappa shape index (κ1) is 24.8. The van der Waals surface area contributed by atoms with Crippen molar-refractivity contribution in [3.63, 3.8) is 0 Å². The van der Waals surface area contributed by atoms with Crippen molar-refractivity contribution in [3.8, 4) is 0 Å². The van der Waals surface area contributed by atoms with E-state index in [1.807, 2.05) is 30.3 Å². The number of benzene rings is 1. The largest absolute Gasteiger partial charge is 0.481 e. The van der Waals surface area contributed by atoms with Crippen molar-refractivity contribution in [2.75, 3.05) is 13.2 Å². The Hall–Kier alpha value is -2.51. The normalized spacial score (nSPS) is 15.0. The first-order valence-corrected chi connectivity index (χ1v) is 14.2. The van der Waals surface area contributed by atoms with Crippen LogP contribution in [0.15, 0.2) is 36.4 Å². The number of pyridine rings is 1. The van der Waals surface area contributed by atoms with Crippen LogP contribution in [0.5, 0.6) is 0 Å². The molecule has 31 heavy (non-hydrogen) atoms. The third kappa shape index (κ3) is 7.59. The van der Waals surface area contributed by atoms with Gasteiger partial charge in [-0.05, 0) is 37.6 Å². The summed E-state index contributed by atoms with van der Waals surface area (Å²) >= 11 is 0. The summed E-state index contributed by atoms with van der Waals surface area (Å²) in [5, 5.41) is 10.7. The third-order valence-corrected chi connectivity index (χ3v) is 6.73. The maximum atomic E-state index is 11.9. The summed E-state index contributed by atoms with van der Waals surface area (Å²) in [6, 6.07) is 10.5. The number of esters is 1. The highest BCUT2D eigenvalue weighted by atomic mass is 28.3. The fourth-order valence-electron chi connectivity index (χ4n) is 2.91. The SMILES string of the molecule is CC(=O)O[C@H](C)c1ccc2ccc(/C=C/C(C)(COCC[Si](C)(C)C)C(=O)O)cc2n1. The van der Waals surface area contributed by atoms with Crippen LogP contribution < -0.4 is 0 Å². The van der Waals surface area contributed by atoms with E-state index in [0.29, 0.717) is 12.3 Å². The molecule has 0 aliphatic carbocycles. The van der Waals surface area contributed by atoms with Crippen LogP contribution in [0.2, 0.25) is 25.7 Å². The van der Waals surface area contributed by atoms with Gasteiger partial charge in [-0.1, -0.05) is 50.0 Å². The molecule has 2 atom stereocenters. The lowest BCUT2D eigenvalue weighted by atomic mass is 9.90. The topological polar surface area (TPSA) is 85.7 Å². The van der Waals surface area contributed by atoms with Crippen molar-refractivity contribution in [3.05, 3.63) is 47.7 Å². The molecule has 7 heteroatoms. The van der Waals surface area contributed by atoms with E-state index in [-0.39, 0.29) is 12.6 Å². The zero-order chi connectivity index (χ0) is 23.2. The van der Waals surface area contributed by atoms with E-state index >= 15 is 0 Å². The molecule has 0 aliphatic heterocycles. The molecule has 0 radical (unpaired) electrons. The molecule has 0 amide bonds. The second-order valence-electron chi connectivity index (χ2n) is 9.36. The van der Waals surface area contributed by atoms with Crippen molar-refractivity contribution in [1.29, 1.82) is 0 Å². The van der Waals surface area contributed by atoms with E-state index in [2.05, 4.69) is 24.6 Å². The molecule has 0 saturated carbocycles. The van der Waals surface area contributed by atoms with Crippen LogP contribution in [0.4, 0.5) is 0 Å². The number of hydrogen-bond donors (Lipinski definition) is 1. The number of fused-ring (bicyclic) bond motifs is 1. The van der Waals surface area contributed by atoms with Crippen LogP contribution in [0, 0.1) is 5.41 Å². The predicted octanol–water partition coefficient (Wildman–Crippen LogP) is 5.32. The van der Waals surface area contributed by atoms with Crippen molar-refractivity contribution >= 4 is 37.0 Å². The highest BCUT2D eigenvalue weighted by Crippen LogP contribution is 2.24. The van der Waals surface area contributed by atoms with Crippen LogP contribution >= 0.6 is 0 Å². The smallest absolute Gasteiger partial charge is 0.315 e. The maximum Gasteiger partial charge on any atom is 0.315 e. The molecular formula is C24H33NO5Si. The minimum absolute atomic E-state index is 0.124. The maximum absolute atomic E-state index is 11.9. The number of ether oxygens (including phenoxy) is 2. The van der Waals surface area contributed by atoms with Crippen LogP contribution in [0.1, 0.15) is 38.1 Å². The Morgan fingerprint density at radius 3 is 2.52 bits per heavy atom. The van der Waals surface area contributed by atoms with Gasteiger partial charge >= 0.3 is 11.9 Å². The fraction of sp³-hybridized carbons (Fsp3) is 0.458. The van der Waals surface area contributed by atoms with Gasteiger partial charge in [-0.3, -0.25) is 9.59 Å². The summed E-state index contributed by atoms with van der Waals surface area (Å²) < 4.78 is 10.9. The Morgan fingerprint density at radius 1 is 1.23 bits per heavy atom. The molecule has 6 nitrogen and oxygen atoms in total. The number of aromatic nitrogens is 1. The summed E-state index contributed by atoms with van der Waals surface area (Å²) in [4.78, 5) is 27.7. The zero-order valence-corrected chi connectivity index (χ0v) is 20.3. The number of nitrogens with zero attached hydrogens (tertiary/aromatic N) is 1. The molecule has 1 unspecified atom stereocenters. The van der Waals surface area contributed by atoms with Crippen LogP contribution in [-0.2, 0) is 19.1 Å². The lowest BCUT2D eigenvalue weighted by Crippen LogP contribution is -2.32. The minimum Gasteiger partial charge on any atom is -0.481 e. The number of carboxylic acid groups (broad SMARTS) is 1. The Bertz CT molecular complexity index is 966. The molecule has 1 heterocycles. The molecule has 168 valence electrons. The number of carbonyl (C=O) groups excluding carboxylic acids is 1. The predicted molar refractivity (Wildman–Crippen MR) is 126 cm³/mol. The molecule has 1 aromatic carbocycles. The van der Waals surface area contributed by atoms with E-state index in [9.17, 15) is 14.7 Å². The standard InChI is InChI=1S/C24H33NO5Si/c1-17(30-18(2)26)21-10-9-20-8-7-19(15-22(20)25-21)11-12-24(3,23(27)28)16-29-13-14-31(4,5)6/h7-12,15,17H,13-14,16H2,1-6H3,(H,27,28)/b12-11+/t17-,24?/m1/s1. The van der Waals surface area contributed by atoms with E-state index < -0.39 is 25.6 Å². The third-order valence-electron chi connectivity index (χ3n) is 5.03. The second kappa shape index (κ2) is 10.2. The average Bonchev–Trinajstić information content (AvgIpc) is 2.67. The van der Waals surface area contributed by atoms with Crippen molar-refractivity contribution in [1.82, 2.24) is 4.98 Å². The molecule has 0 bridgehead atoms. The number of carbonyl (C=O) groups is 2. The zero-order valence-electron chi connectivity index (χ0n) is 19.3. The molecule has 2 aromatic rings. The van der Waals surface area contributed by atoms with Crippen molar-refractivity contribution in [2.24, 2.45) is 5.41 Å². The summed E-state index contributed by atoms with van der Waals surface area (Å²) in [6.45, 7) is 12.3. The number of aliphatic carboxylic acids is 1. The van der Waals surface area contributed by atoms with Crippen LogP contribution in [0.3, 0.4) is 0 Å². The molecule has 0 saturated heterocycles. The Balaban J connectivity index is 2.18. The lowest BCUT2D eigenvalue weighted by molar-refractivity contribution is -0.148. The first-order chi connectivity index (χ1) is 14.4. The minimum atomic E-state index is -1.23. The molecule has 2 rings (SSSR count). The van der Waals surface area contributed by atoms with Gasteiger partial charge in [0.1, 0.15) is 11.5 Å². The summed E-state index contributed by atoms with van der Waals surface area (Å²) in [5.41, 5.74) is 1.14. The van der Waals surface area contributed by atoms with Crippen molar-refractivity contribution < 1.29 is 24.2 Å². The van der Waals surface area contributed by atoms with Gasteiger partial charge in [0.15, 0.2) is 0 Å². The van der Waals surface area contributed by atoms with Crippen molar-refractivity contribution in [2.45, 2.75) is 52.6 Å². The van der Waals surface area contributed by atoms with Gasteiger partial charge in [-0.25, -0.2) is 4.98 Å². The van der Waals surface area contributed by atoms with Crippen LogP contribution in [-0.4, -0.2) is 43.3 Å². The van der Waals surface area contributed by atoms with Crippen LogP contribution in [0.25, 0.3) is 17.0 Å². The molecule has 1 aromatic heterocycles. The number of carboxylic acids is 1. The van der Waals surface area contributed by atoms with Gasteiger partial charge < -0.3 is 14.6 Å². The van der Waals surface area contributed by atoms with Gasteiger partial charge in [0.2, 0.25) is 0 Å². The molecule has 0 fully saturated rings. The Morgan fingerprint density at radius 2 is 1.90 bits per heavy atom. The summed E-state index contributed by atoms with van der Waals surface area (Å²) in [7, 11) is -1.23. The molecule has 0 aliphatic rings. The monoisotopic (exact) mass is 443 g/mol. The van der Waals surface area contributed by atoms with E-state index in [0.717, 1.165) is 22.5 Å². The lowest BCUT2D eigenvalue weighted by Gasteiger charge is -2.22. The Kier molecular flexibility index (Phi) is 8.14. The summed E-state index contributed by atoms with van der Waals surface area (Å²) in [6.07, 6.45) is 3.03. The Labute approximate surface area is 185 Å². The first-order valence-electron chi connectivity index (χ1n) is 10.5. The molecule has 0 spiro atoms. The highest BCUT2D eigenvalue weighted by Gasteiger charge is 2.30. The van der Waals surface area contributed by atoms with Gasteiger partial charge in [0, 0.05) is 27.0 Å². The molecular weight excluding hydrogens is 410 g/mol. The van der Waals surface area contributed by atoms with Gasteiger partial charge in [-0.2, -0.15) is 0 Å². The summed E-state index contributed by atoms with van der Waals surface area (Å²) in [5.74, 6) is -1.28. The molecule has 1 N–H and O–H groups in total. The fourth-order valence-corrected chi connectivity index (χ4v) is 3.67. The van der Waals surface area contributed by atoms with E-state index in [1.165, 1.54) is 6.92 Å². The second-order valence-corrected chi connectivity index (χ2v) is 15.0.